The molecule has 0 bridgehead atoms. The van der Waals surface area contributed by atoms with Gasteiger partial charge in [0.05, 0.1) is 9.95 Å². The molecule has 1 atom stereocenters. The van der Waals surface area contributed by atoms with Gasteiger partial charge in [-0.15, -0.1) is 0 Å². The lowest BCUT2D eigenvalue weighted by Gasteiger charge is -2.27. The number of pyridine rings is 1. The lowest BCUT2D eigenvalue weighted by molar-refractivity contribution is -0.385. The van der Waals surface area contributed by atoms with Crippen LogP contribution in [0.1, 0.15) is 32.6 Å². The Kier molecular flexibility index (Phi) is 5.54. The van der Waals surface area contributed by atoms with Crippen molar-refractivity contribution in [1.29, 1.82) is 0 Å². The molecule has 0 saturated carbocycles. The summed E-state index contributed by atoms with van der Waals surface area (Å²) in [4.78, 5) is 27.8. The van der Waals surface area contributed by atoms with E-state index in [9.17, 15) is 14.9 Å². The highest BCUT2D eigenvalue weighted by molar-refractivity contribution is 6.33. The number of nitrogens with one attached hydrogen (secondary N) is 1. The number of likely N-dealkylation sites (tertiary alicyclic amines) is 1. The van der Waals surface area contributed by atoms with Crippen LogP contribution in [0.3, 0.4) is 0 Å². The molecule has 2 heterocycles. The number of nitro groups is 1. The molecule has 1 aromatic heterocycles. The third kappa shape index (κ3) is 3.85. The molecule has 22 heavy (non-hydrogen) atoms. The van der Waals surface area contributed by atoms with Crippen LogP contribution < -0.4 is 5.32 Å². The van der Waals surface area contributed by atoms with E-state index in [0.29, 0.717) is 18.8 Å². The van der Waals surface area contributed by atoms with Gasteiger partial charge in [-0.3, -0.25) is 14.9 Å². The van der Waals surface area contributed by atoms with E-state index in [1.165, 1.54) is 12.3 Å². The summed E-state index contributed by atoms with van der Waals surface area (Å²) in [5, 5.41) is 13.9. The Labute approximate surface area is 133 Å². The number of rotatable bonds is 7. The van der Waals surface area contributed by atoms with Gasteiger partial charge < -0.3 is 10.2 Å². The van der Waals surface area contributed by atoms with Gasteiger partial charge in [-0.1, -0.05) is 18.5 Å². The summed E-state index contributed by atoms with van der Waals surface area (Å²) in [7, 11) is 0. The summed E-state index contributed by atoms with van der Waals surface area (Å²) < 4.78 is 0. The molecule has 0 unspecified atom stereocenters. The number of carbonyl (C=O) groups is 1. The monoisotopic (exact) mass is 326 g/mol. The van der Waals surface area contributed by atoms with Crippen molar-refractivity contribution in [2.45, 2.75) is 38.6 Å². The maximum Gasteiger partial charge on any atom is 0.289 e. The first-order valence-corrected chi connectivity index (χ1v) is 7.74. The predicted molar refractivity (Wildman–Crippen MR) is 84.0 cm³/mol. The van der Waals surface area contributed by atoms with E-state index >= 15 is 0 Å². The van der Waals surface area contributed by atoms with E-state index in [0.717, 1.165) is 25.8 Å². The van der Waals surface area contributed by atoms with Crippen molar-refractivity contribution in [2.75, 3.05) is 18.4 Å². The van der Waals surface area contributed by atoms with Gasteiger partial charge in [-0.05, 0) is 19.3 Å². The number of halogens is 1. The van der Waals surface area contributed by atoms with Crippen LogP contribution in [0.4, 0.5) is 11.5 Å². The van der Waals surface area contributed by atoms with Crippen molar-refractivity contribution in [2.24, 2.45) is 0 Å². The van der Waals surface area contributed by atoms with Gasteiger partial charge in [0.2, 0.25) is 5.91 Å². The highest BCUT2D eigenvalue weighted by Crippen LogP contribution is 2.24. The summed E-state index contributed by atoms with van der Waals surface area (Å²) in [5.41, 5.74) is -0.135. The quantitative estimate of drug-likeness (QED) is 0.614. The summed E-state index contributed by atoms with van der Waals surface area (Å²) in [5.74, 6) is 0.646. The molecule has 2 rings (SSSR count). The zero-order valence-corrected chi connectivity index (χ0v) is 13.2. The second-order valence-electron chi connectivity index (χ2n) is 5.25. The summed E-state index contributed by atoms with van der Waals surface area (Å²) >= 11 is 5.98. The summed E-state index contributed by atoms with van der Waals surface area (Å²) in [6.45, 7) is 3.49. The van der Waals surface area contributed by atoms with Gasteiger partial charge in [-0.2, -0.15) is 0 Å². The first kappa shape index (κ1) is 16.5. The Morgan fingerprint density at radius 3 is 2.91 bits per heavy atom. The minimum atomic E-state index is -0.533. The fourth-order valence-corrected chi connectivity index (χ4v) is 2.88. The topological polar surface area (TPSA) is 88.4 Å². The molecule has 1 aliphatic heterocycles. The van der Waals surface area contributed by atoms with E-state index in [1.54, 1.807) is 0 Å². The van der Waals surface area contributed by atoms with Crippen molar-refractivity contribution < 1.29 is 9.72 Å². The number of hydrogen-bond donors (Lipinski definition) is 1. The van der Waals surface area contributed by atoms with E-state index in [4.69, 9.17) is 11.6 Å². The van der Waals surface area contributed by atoms with Crippen LogP contribution in [0.15, 0.2) is 12.3 Å². The lowest BCUT2D eigenvalue weighted by Crippen LogP contribution is -2.37. The van der Waals surface area contributed by atoms with E-state index in [2.05, 4.69) is 17.2 Å². The molecule has 1 fully saturated rings. The Hall–Kier alpha value is -1.89. The van der Waals surface area contributed by atoms with Gasteiger partial charge >= 0.3 is 0 Å². The second kappa shape index (κ2) is 7.40. The smallest absolute Gasteiger partial charge is 0.289 e. The predicted octanol–water partition coefficient (Wildman–Crippen LogP) is 2.85. The van der Waals surface area contributed by atoms with Crippen LogP contribution in [0.5, 0.6) is 0 Å². The van der Waals surface area contributed by atoms with E-state index in [1.807, 2.05) is 4.90 Å². The number of anilines is 1. The number of hydrogen-bond acceptors (Lipinski definition) is 5. The molecule has 1 saturated heterocycles. The summed E-state index contributed by atoms with van der Waals surface area (Å²) in [6, 6.07) is 1.48. The Morgan fingerprint density at radius 1 is 1.59 bits per heavy atom. The molecule has 1 aliphatic rings. The molecule has 8 heteroatoms. The molecule has 7 nitrogen and oxygen atoms in total. The molecule has 1 N–H and O–H groups in total. The molecular weight excluding hydrogens is 308 g/mol. The third-order valence-corrected chi connectivity index (χ3v) is 4.12. The van der Waals surface area contributed by atoms with E-state index in [-0.39, 0.29) is 22.7 Å². The molecule has 0 spiro atoms. The standard InChI is InChI=1S/C14H19ClN4O3/c1-2-10(18-7-3-4-13(18)20)5-6-16-14-12(15)8-11(9-17-14)19(21)22/h8-10H,2-7H2,1H3,(H,16,17)/t10-/m0/s1. The maximum absolute atomic E-state index is 11.8. The second-order valence-corrected chi connectivity index (χ2v) is 5.66. The van der Waals surface area contributed by atoms with Crippen LogP contribution in [0, 0.1) is 10.1 Å². The largest absolute Gasteiger partial charge is 0.369 e. The van der Waals surface area contributed by atoms with Crippen molar-refractivity contribution in [3.63, 3.8) is 0 Å². The van der Waals surface area contributed by atoms with Crippen LogP contribution in [-0.4, -0.2) is 39.8 Å². The third-order valence-electron chi connectivity index (χ3n) is 3.83. The van der Waals surface area contributed by atoms with Gasteiger partial charge in [0, 0.05) is 31.6 Å². The van der Waals surface area contributed by atoms with Crippen molar-refractivity contribution in [3.8, 4) is 0 Å². The fourth-order valence-electron chi connectivity index (χ4n) is 2.65. The molecule has 0 aromatic carbocycles. The highest BCUT2D eigenvalue weighted by atomic mass is 35.5. The SMILES string of the molecule is CC[C@@H](CCNc1ncc([N+](=O)[O-])cc1Cl)N1CCCC1=O. The normalized spacial score (nSPS) is 15.9. The lowest BCUT2D eigenvalue weighted by atomic mass is 10.1. The Balaban J connectivity index is 1.90. The minimum absolute atomic E-state index is 0.135. The minimum Gasteiger partial charge on any atom is -0.369 e. The molecule has 1 amide bonds. The van der Waals surface area contributed by atoms with Gasteiger partial charge in [0.1, 0.15) is 12.0 Å². The molecule has 0 radical (unpaired) electrons. The van der Waals surface area contributed by atoms with Gasteiger partial charge in [0.25, 0.3) is 5.69 Å². The fraction of sp³-hybridized carbons (Fsp3) is 0.571. The molecule has 1 aromatic rings. The molecule has 0 aliphatic carbocycles. The highest BCUT2D eigenvalue weighted by Gasteiger charge is 2.26. The average Bonchev–Trinajstić information content (AvgIpc) is 2.91. The van der Waals surface area contributed by atoms with Crippen molar-refractivity contribution >= 4 is 29.0 Å². The van der Waals surface area contributed by atoms with Gasteiger partial charge in [0.15, 0.2) is 0 Å². The zero-order chi connectivity index (χ0) is 16.1. The van der Waals surface area contributed by atoms with Crippen molar-refractivity contribution in [1.82, 2.24) is 9.88 Å². The first-order valence-electron chi connectivity index (χ1n) is 7.36. The van der Waals surface area contributed by atoms with Crippen LogP contribution in [0.25, 0.3) is 0 Å². The van der Waals surface area contributed by atoms with Crippen molar-refractivity contribution in [3.05, 3.63) is 27.4 Å². The zero-order valence-electron chi connectivity index (χ0n) is 12.4. The maximum atomic E-state index is 11.8. The number of nitrogens with zero attached hydrogens (tertiary/aromatic N) is 3. The van der Waals surface area contributed by atoms with Crippen LogP contribution >= 0.6 is 11.6 Å². The molecule has 120 valence electrons. The van der Waals surface area contributed by atoms with Gasteiger partial charge in [-0.25, -0.2) is 4.98 Å². The Morgan fingerprint density at radius 2 is 2.36 bits per heavy atom. The average molecular weight is 327 g/mol. The van der Waals surface area contributed by atoms with E-state index < -0.39 is 4.92 Å². The number of carbonyl (C=O) groups excluding carboxylic acids is 1. The van der Waals surface area contributed by atoms with Crippen LogP contribution in [-0.2, 0) is 4.79 Å². The summed E-state index contributed by atoms with van der Waals surface area (Å²) in [6.07, 6.45) is 4.43. The Bertz CT molecular complexity index is 567. The molecular formula is C14H19ClN4O3. The first-order chi connectivity index (χ1) is 10.5. The van der Waals surface area contributed by atoms with Crippen LogP contribution in [0.2, 0.25) is 5.02 Å². The number of amides is 1. The number of aromatic nitrogens is 1.